The average molecular weight is 302 g/mol. The second kappa shape index (κ2) is 5.77. The number of carbonyl (C=O) groups excluding carboxylic acids is 1. The van der Waals surface area contributed by atoms with Gasteiger partial charge in [0.25, 0.3) is 5.91 Å². The highest BCUT2D eigenvalue weighted by Crippen LogP contribution is 2.33. The van der Waals surface area contributed by atoms with Crippen molar-refractivity contribution in [2.24, 2.45) is 0 Å². The van der Waals surface area contributed by atoms with E-state index in [1.54, 1.807) is 36.6 Å². The summed E-state index contributed by atoms with van der Waals surface area (Å²) in [6.07, 6.45) is 2.14. The van der Waals surface area contributed by atoms with Crippen LogP contribution in [0.5, 0.6) is 5.75 Å². The lowest BCUT2D eigenvalue weighted by Gasteiger charge is -2.23. The fourth-order valence-corrected chi connectivity index (χ4v) is 3.10. The zero-order valence-electron chi connectivity index (χ0n) is 11.9. The van der Waals surface area contributed by atoms with E-state index < -0.39 is 0 Å². The van der Waals surface area contributed by atoms with Gasteiger partial charge in [0.2, 0.25) is 0 Å². The van der Waals surface area contributed by atoms with Crippen LogP contribution in [0.3, 0.4) is 0 Å². The monoisotopic (exact) mass is 302 g/mol. The van der Waals surface area contributed by atoms with Gasteiger partial charge in [0, 0.05) is 12.6 Å². The number of hydrogen-bond donors (Lipinski definition) is 1. The fraction of sp³-hybridized carbons (Fsp3) is 0.312. The van der Waals surface area contributed by atoms with Crippen LogP contribution in [0.15, 0.2) is 35.0 Å². The van der Waals surface area contributed by atoms with Crippen molar-refractivity contribution in [3.63, 3.8) is 0 Å². The van der Waals surface area contributed by atoms with E-state index in [-0.39, 0.29) is 5.91 Å². The summed E-state index contributed by atoms with van der Waals surface area (Å²) in [5.74, 6) is 0.464. The van der Waals surface area contributed by atoms with E-state index in [1.165, 1.54) is 5.56 Å². The Morgan fingerprint density at radius 2 is 2.24 bits per heavy atom. The molecule has 1 aliphatic carbocycles. The summed E-state index contributed by atoms with van der Waals surface area (Å²) in [5, 5.41) is 4.12. The Morgan fingerprint density at radius 1 is 1.43 bits per heavy atom. The van der Waals surface area contributed by atoms with Crippen molar-refractivity contribution in [2.45, 2.75) is 25.4 Å². The standard InChI is InChI=1S/C16H18N2O2S/c1-20-15-13(3-2-4-14(15)17)16(19)18(12-5-6-12)9-11-7-8-21-10-11/h2-4,7-8,10,12H,5-6,9,17H2,1H3. The van der Waals surface area contributed by atoms with Crippen molar-refractivity contribution in [2.75, 3.05) is 12.8 Å². The first kappa shape index (κ1) is 13.9. The molecule has 2 N–H and O–H groups in total. The topological polar surface area (TPSA) is 55.6 Å². The number of nitrogens with two attached hydrogens (primary N) is 1. The first-order chi connectivity index (χ1) is 10.2. The molecule has 2 aromatic rings. The van der Waals surface area contributed by atoms with E-state index >= 15 is 0 Å². The Kier molecular flexibility index (Phi) is 3.84. The average Bonchev–Trinajstić information content (AvgIpc) is 3.20. The molecule has 21 heavy (non-hydrogen) atoms. The first-order valence-electron chi connectivity index (χ1n) is 6.95. The molecule has 4 nitrogen and oxygen atoms in total. The summed E-state index contributed by atoms with van der Waals surface area (Å²) < 4.78 is 5.31. The van der Waals surface area contributed by atoms with Crippen molar-refractivity contribution in [1.82, 2.24) is 4.90 Å². The van der Waals surface area contributed by atoms with Crippen LogP contribution < -0.4 is 10.5 Å². The Balaban J connectivity index is 1.89. The Morgan fingerprint density at radius 3 is 2.86 bits per heavy atom. The summed E-state index contributed by atoms with van der Waals surface area (Å²) in [6.45, 7) is 0.644. The fourth-order valence-electron chi connectivity index (χ4n) is 2.44. The number of carbonyl (C=O) groups is 1. The van der Waals surface area contributed by atoms with Gasteiger partial charge in [-0.15, -0.1) is 0 Å². The van der Waals surface area contributed by atoms with Crippen LogP contribution in [-0.2, 0) is 6.54 Å². The lowest BCUT2D eigenvalue weighted by Crippen LogP contribution is -2.32. The third kappa shape index (κ3) is 2.88. The molecule has 0 unspecified atom stereocenters. The Bertz CT molecular complexity index is 636. The third-order valence-electron chi connectivity index (χ3n) is 3.66. The largest absolute Gasteiger partial charge is 0.494 e. The highest BCUT2D eigenvalue weighted by molar-refractivity contribution is 7.07. The number of nitrogen functional groups attached to an aromatic ring is 1. The number of benzene rings is 1. The number of anilines is 1. The molecule has 1 fully saturated rings. The molecule has 0 bridgehead atoms. The Hall–Kier alpha value is -2.01. The molecule has 1 heterocycles. The lowest BCUT2D eigenvalue weighted by atomic mass is 10.1. The van der Waals surface area contributed by atoms with Crippen LogP contribution >= 0.6 is 11.3 Å². The van der Waals surface area contributed by atoms with Crippen LogP contribution in [-0.4, -0.2) is 24.0 Å². The normalized spacial score (nSPS) is 14.0. The SMILES string of the molecule is COc1c(N)cccc1C(=O)N(Cc1ccsc1)C1CC1. The number of thiophene rings is 1. The van der Waals surface area contributed by atoms with Gasteiger partial charge in [-0.3, -0.25) is 4.79 Å². The minimum atomic E-state index is -0.00662. The molecular formula is C16H18N2O2S. The van der Waals surface area contributed by atoms with E-state index in [0.29, 0.717) is 29.6 Å². The van der Waals surface area contributed by atoms with Crippen molar-refractivity contribution < 1.29 is 9.53 Å². The van der Waals surface area contributed by atoms with Gasteiger partial charge in [-0.2, -0.15) is 11.3 Å². The molecule has 0 saturated heterocycles. The second-order valence-electron chi connectivity index (χ2n) is 5.22. The molecule has 0 spiro atoms. The van der Waals surface area contributed by atoms with Crippen LogP contribution in [0.25, 0.3) is 0 Å². The van der Waals surface area contributed by atoms with Gasteiger partial charge in [0.1, 0.15) is 0 Å². The van der Waals surface area contributed by atoms with E-state index in [2.05, 4.69) is 11.4 Å². The molecule has 1 aliphatic rings. The molecule has 0 atom stereocenters. The summed E-state index contributed by atoms with van der Waals surface area (Å²) in [7, 11) is 1.54. The molecule has 0 aliphatic heterocycles. The molecule has 0 radical (unpaired) electrons. The number of rotatable bonds is 5. The molecule has 3 rings (SSSR count). The number of amides is 1. The zero-order valence-corrected chi connectivity index (χ0v) is 12.7. The van der Waals surface area contributed by atoms with Gasteiger partial charge >= 0.3 is 0 Å². The lowest BCUT2D eigenvalue weighted by molar-refractivity contribution is 0.0727. The summed E-state index contributed by atoms with van der Waals surface area (Å²) in [6, 6.07) is 7.71. The number of hydrogen-bond acceptors (Lipinski definition) is 4. The predicted molar refractivity (Wildman–Crippen MR) is 84.6 cm³/mol. The van der Waals surface area contributed by atoms with Crippen LogP contribution in [0.1, 0.15) is 28.8 Å². The summed E-state index contributed by atoms with van der Waals surface area (Å²) in [5.41, 5.74) is 8.11. The predicted octanol–water partition coefficient (Wildman–Crippen LogP) is 3.14. The molecule has 1 amide bonds. The minimum Gasteiger partial charge on any atom is -0.494 e. The number of nitrogens with zero attached hydrogens (tertiary/aromatic N) is 1. The maximum Gasteiger partial charge on any atom is 0.258 e. The zero-order chi connectivity index (χ0) is 14.8. The second-order valence-corrected chi connectivity index (χ2v) is 6.00. The quantitative estimate of drug-likeness (QED) is 0.863. The van der Waals surface area contributed by atoms with Crippen molar-refractivity contribution in [1.29, 1.82) is 0 Å². The van der Waals surface area contributed by atoms with Crippen molar-refractivity contribution in [3.05, 3.63) is 46.2 Å². The van der Waals surface area contributed by atoms with E-state index in [1.807, 2.05) is 10.3 Å². The number of methoxy groups -OCH3 is 1. The maximum atomic E-state index is 12.9. The Labute approximate surface area is 128 Å². The smallest absolute Gasteiger partial charge is 0.258 e. The molecular weight excluding hydrogens is 284 g/mol. The van der Waals surface area contributed by atoms with Gasteiger partial charge in [0.05, 0.1) is 18.4 Å². The van der Waals surface area contributed by atoms with E-state index in [4.69, 9.17) is 10.5 Å². The van der Waals surface area contributed by atoms with Gasteiger partial charge in [-0.05, 0) is 47.4 Å². The van der Waals surface area contributed by atoms with Crippen LogP contribution in [0.4, 0.5) is 5.69 Å². The van der Waals surface area contributed by atoms with E-state index in [0.717, 1.165) is 12.8 Å². The van der Waals surface area contributed by atoms with Crippen LogP contribution in [0.2, 0.25) is 0 Å². The van der Waals surface area contributed by atoms with Crippen molar-refractivity contribution >= 4 is 22.9 Å². The molecule has 1 saturated carbocycles. The minimum absolute atomic E-state index is 0.00662. The summed E-state index contributed by atoms with van der Waals surface area (Å²) in [4.78, 5) is 14.8. The van der Waals surface area contributed by atoms with Crippen LogP contribution in [0, 0.1) is 0 Å². The van der Waals surface area contributed by atoms with E-state index in [9.17, 15) is 4.79 Å². The highest BCUT2D eigenvalue weighted by atomic mass is 32.1. The highest BCUT2D eigenvalue weighted by Gasteiger charge is 2.34. The summed E-state index contributed by atoms with van der Waals surface area (Å²) >= 11 is 1.65. The first-order valence-corrected chi connectivity index (χ1v) is 7.89. The number of para-hydroxylation sites is 1. The molecule has 1 aromatic heterocycles. The molecule has 1 aromatic carbocycles. The third-order valence-corrected chi connectivity index (χ3v) is 4.39. The maximum absolute atomic E-state index is 12.9. The molecule has 5 heteroatoms. The van der Waals surface area contributed by atoms with Gasteiger partial charge in [-0.25, -0.2) is 0 Å². The van der Waals surface area contributed by atoms with Crippen molar-refractivity contribution in [3.8, 4) is 5.75 Å². The van der Waals surface area contributed by atoms with Gasteiger partial charge < -0.3 is 15.4 Å². The number of ether oxygens (including phenoxy) is 1. The van der Waals surface area contributed by atoms with Gasteiger partial charge in [0.15, 0.2) is 5.75 Å². The van der Waals surface area contributed by atoms with Gasteiger partial charge in [-0.1, -0.05) is 6.07 Å². The molecule has 110 valence electrons.